The van der Waals surface area contributed by atoms with Gasteiger partial charge in [0.1, 0.15) is 0 Å². The van der Waals surface area contributed by atoms with Gasteiger partial charge in [-0.05, 0) is 25.0 Å². The SMILES string of the molecule is [CH2-]SCCCCN1C(=O)CC1CCCC.[Y]. The summed E-state index contributed by atoms with van der Waals surface area (Å²) in [6, 6.07) is 0.560. The Morgan fingerprint density at radius 2 is 2.19 bits per heavy atom. The third kappa shape index (κ3) is 5.51. The summed E-state index contributed by atoms with van der Waals surface area (Å²) in [6.45, 7) is 3.17. The van der Waals surface area contributed by atoms with E-state index < -0.39 is 0 Å². The first-order valence-corrected chi connectivity index (χ1v) is 7.11. The standard InChI is InChI=1S/C12H22NOS.Y/c1-3-4-7-11-10-12(14)13(11)8-5-6-9-15-2;/h11H,2-10H2,1H3;/q-1;. The molecule has 0 N–H and O–H groups in total. The van der Waals surface area contributed by atoms with Gasteiger partial charge in [-0.1, -0.05) is 19.8 Å². The van der Waals surface area contributed by atoms with Crippen LogP contribution >= 0.6 is 11.8 Å². The van der Waals surface area contributed by atoms with E-state index in [0.29, 0.717) is 11.9 Å². The third-order valence-corrected chi connectivity index (χ3v) is 3.58. The van der Waals surface area contributed by atoms with Crippen LogP contribution in [0, 0.1) is 6.26 Å². The molecule has 1 unspecified atom stereocenters. The van der Waals surface area contributed by atoms with Gasteiger partial charge in [-0.25, -0.2) is 0 Å². The molecule has 1 saturated heterocycles. The van der Waals surface area contributed by atoms with Crippen LogP contribution in [-0.4, -0.2) is 29.1 Å². The number of hydrogen-bond donors (Lipinski definition) is 0. The van der Waals surface area contributed by atoms with Crippen LogP contribution in [0.3, 0.4) is 0 Å². The second-order valence-corrected chi connectivity index (χ2v) is 5.02. The Morgan fingerprint density at radius 1 is 1.44 bits per heavy atom. The van der Waals surface area contributed by atoms with Crippen LogP contribution < -0.4 is 0 Å². The van der Waals surface area contributed by atoms with Crippen molar-refractivity contribution in [2.24, 2.45) is 0 Å². The van der Waals surface area contributed by atoms with Crippen molar-refractivity contribution in [3.8, 4) is 0 Å². The minimum Gasteiger partial charge on any atom is -0.354 e. The molecule has 0 bridgehead atoms. The van der Waals surface area contributed by atoms with Crippen molar-refractivity contribution in [1.29, 1.82) is 0 Å². The van der Waals surface area contributed by atoms with E-state index in [-0.39, 0.29) is 32.7 Å². The summed E-state index contributed by atoms with van der Waals surface area (Å²) in [7, 11) is 0. The van der Waals surface area contributed by atoms with Crippen molar-refractivity contribution in [2.45, 2.75) is 51.5 Å². The molecule has 0 aliphatic carbocycles. The van der Waals surface area contributed by atoms with E-state index in [1.165, 1.54) is 25.7 Å². The number of hydrogen-bond acceptors (Lipinski definition) is 2. The maximum absolute atomic E-state index is 11.4. The van der Waals surface area contributed by atoms with Crippen molar-refractivity contribution in [2.75, 3.05) is 12.3 Å². The molecule has 16 heavy (non-hydrogen) atoms. The van der Waals surface area contributed by atoms with Gasteiger partial charge in [0.05, 0.1) is 0 Å². The van der Waals surface area contributed by atoms with Gasteiger partial charge in [0.2, 0.25) is 5.91 Å². The van der Waals surface area contributed by atoms with Gasteiger partial charge in [-0.15, -0.1) is 0 Å². The predicted molar refractivity (Wildman–Crippen MR) is 66.7 cm³/mol. The fraction of sp³-hybridized carbons (Fsp3) is 0.833. The van der Waals surface area contributed by atoms with Crippen LogP contribution in [0.15, 0.2) is 0 Å². The van der Waals surface area contributed by atoms with Crippen LogP contribution in [0.5, 0.6) is 0 Å². The Hall–Kier alpha value is 0.924. The summed E-state index contributed by atoms with van der Waals surface area (Å²) < 4.78 is 0. The molecular formula is C12H22NOSY-. The van der Waals surface area contributed by atoms with Crippen LogP contribution in [0.1, 0.15) is 45.4 Å². The topological polar surface area (TPSA) is 20.3 Å². The molecule has 1 heterocycles. The number of β-lactam (4-membered cyclic amide) rings is 1. The molecule has 4 heteroatoms. The summed E-state index contributed by atoms with van der Waals surface area (Å²) in [5, 5.41) is 0. The monoisotopic (exact) mass is 317 g/mol. The van der Waals surface area contributed by atoms with E-state index in [1.54, 1.807) is 11.8 Å². The van der Waals surface area contributed by atoms with Gasteiger partial charge in [0.15, 0.2) is 0 Å². The molecule has 91 valence electrons. The number of thioether (sulfide) groups is 1. The van der Waals surface area contributed by atoms with Gasteiger partial charge in [0.25, 0.3) is 0 Å². The fourth-order valence-corrected chi connectivity index (χ4v) is 2.42. The summed E-state index contributed by atoms with van der Waals surface area (Å²) in [6.07, 6.45) is 10.5. The van der Waals surface area contributed by atoms with Crippen LogP contribution in [0.25, 0.3) is 0 Å². The Morgan fingerprint density at radius 3 is 2.75 bits per heavy atom. The molecule has 0 saturated carbocycles. The van der Waals surface area contributed by atoms with Crippen molar-refractivity contribution < 1.29 is 37.5 Å². The summed E-state index contributed by atoms with van der Waals surface area (Å²) in [5.41, 5.74) is 0. The minimum atomic E-state index is 0. The average molecular weight is 317 g/mol. The van der Waals surface area contributed by atoms with E-state index >= 15 is 0 Å². The first-order valence-electron chi connectivity index (χ1n) is 5.96. The van der Waals surface area contributed by atoms with Gasteiger partial charge >= 0.3 is 0 Å². The fourth-order valence-electron chi connectivity index (χ4n) is 2.01. The molecular weight excluding hydrogens is 295 g/mol. The number of rotatable bonds is 8. The van der Waals surface area contributed by atoms with E-state index in [9.17, 15) is 4.79 Å². The summed E-state index contributed by atoms with van der Waals surface area (Å²) in [5.74, 6) is 1.47. The van der Waals surface area contributed by atoms with Crippen LogP contribution in [0.2, 0.25) is 0 Å². The maximum Gasteiger partial charge on any atom is 0.224 e. The number of likely N-dealkylation sites (tertiary alicyclic amines) is 1. The molecule has 1 atom stereocenters. The predicted octanol–water partition coefficient (Wildman–Crippen LogP) is 3.08. The Labute approximate surface area is 129 Å². The Bertz CT molecular complexity index is 201. The van der Waals surface area contributed by atoms with Gasteiger partial charge in [-0.2, -0.15) is 0 Å². The number of carbonyl (C=O) groups is 1. The zero-order valence-corrected chi connectivity index (χ0v) is 13.9. The first-order chi connectivity index (χ1) is 7.29. The third-order valence-electron chi connectivity index (χ3n) is 3.00. The number of carbonyl (C=O) groups excluding carboxylic acids is 1. The molecule has 1 rings (SSSR count). The molecule has 1 fully saturated rings. The van der Waals surface area contributed by atoms with E-state index in [2.05, 4.69) is 18.1 Å². The molecule has 2 nitrogen and oxygen atoms in total. The second kappa shape index (κ2) is 9.90. The van der Waals surface area contributed by atoms with Crippen molar-refractivity contribution in [3.05, 3.63) is 6.26 Å². The quantitative estimate of drug-likeness (QED) is 0.389. The smallest absolute Gasteiger partial charge is 0.224 e. The number of nitrogens with zero attached hydrogens (tertiary/aromatic N) is 1. The Kier molecular flexibility index (Phi) is 10.5. The number of amides is 1. The molecule has 0 spiro atoms. The minimum absolute atomic E-state index is 0. The van der Waals surface area contributed by atoms with Crippen molar-refractivity contribution in [1.82, 2.24) is 4.90 Å². The molecule has 1 radical (unpaired) electrons. The van der Waals surface area contributed by atoms with Gasteiger partial charge < -0.3 is 16.7 Å². The molecule has 1 amide bonds. The van der Waals surface area contributed by atoms with E-state index in [4.69, 9.17) is 0 Å². The van der Waals surface area contributed by atoms with Crippen LogP contribution in [-0.2, 0) is 37.5 Å². The van der Waals surface area contributed by atoms with E-state index in [1.807, 2.05) is 0 Å². The largest absolute Gasteiger partial charge is 0.354 e. The van der Waals surface area contributed by atoms with Crippen molar-refractivity contribution >= 4 is 17.7 Å². The van der Waals surface area contributed by atoms with Crippen LogP contribution in [0.4, 0.5) is 0 Å². The van der Waals surface area contributed by atoms with Gasteiger partial charge in [-0.3, -0.25) is 11.1 Å². The first kappa shape index (κ1) is 16.9. The zero-order chi connectivity index (χ0) is 11.1. The van der Waals surface area contributed by atoms with Crippen molar-refractivity contribution in [3.63, 3.8) is 0 Å². The Balaban J connectivity index is 0.00000225. The summed E-state index contributed by atoms with van der Waals surface area (Å²) in [4.78, 5) is 13.4. The molecule has 0 aromatic carbocycles. The summed E-state index contributed by atoms with van der Waals surface area (Å²) >= 11 is 1.64. The maximum atomic E-state index is 11.4. The van der Waals surface area contributed by atoms with Gasteiger partial charge in [0, 0.05) is 51.7 Å². The molecule has 1 aliphatic rings. The average Bonchev–Trinajstić information content (AvgIpc) is 2.23. The molecule has 0 aromatic rings. The number of unbranched alkanes of at least 4 members (excludes halogenated alkanes) is 2. The molecule has 1 aliphatic heterocycles. The normalized spacial score (nSPS) is 19.2. The zero-order valence-electron chi connectivity index (χ0n) is 10.3. The second-order valence-electron chi connectivity index (χ2n) is 4.20. The van der Waals surface area contributed by atoms with E-state index in [0.717, 1.165) is 25.1 Å². The molecule has 0 aromatic heterocycles.